The Balaban J connectivity index is 1.46. The first-order valence-corrected chi connectivity index (χ1v) is 8.33. The summed E-state index contributed by atoms with van der Waals surface area (Å²) in [6.07, 6.45) is -0.502. The minimum atomic E-state index is -0.502. The molecule has 3 aromatic rings. The van der Waals surface area contributed by atoms with Crippen LogP contribution >= 0.6 is 0 Å². The molecule has 1 aliphatic heterocycles. The van der Waals surface area contributed by atoms with Gasteiger partial charge in [-0.1, -0.05) is 42.5 Å². The summed E-state index contributed by atoms with van der Waals surface area (Å²) in [6, 6.07) is 22.9. The van der Waals surface area contributed by atoms with Crippen LogP contribution in [-0.4, -0.2) is 13.1 Å². The van der Waals surface area contributed by atoms with Crippen LogP contribution in [-0.2, 0) is 11.3 Å². The van der Waals surface area contributed by atoms with Gasteiger partial charge in [0.05, 0.1) is 11.4 Å². The van der Waals surface area contributed by atoms with Crippen LogP contribution in [0, 0.1) is 0 Å². The lowest BCUT2D eigenvalue weighted by molar-refractivity contribution is 0.155. The van der Waals surface area contributed by atoms with E-state index in [2.05, 4.69) is 10.2 Å². The highest BCUT2D eigenvalue weighted by Crippen LogP contribution is 2.46. The molecule has 1 heterocycles. The number of hydrogen-bond acceptors (Lipinski definition) is 4. The maximum atomic E-state index is 12.0. The molecule has 0 saturated carbocycles. The number of rotatable bonds is 3. The predicted molar refractivity (Wildman–Crippen MR) is 101 cm³/mol. The van der Waals surface area contributed by atoms with E-state index in [9.17, 15) is 4.79 Å². The van der Waals surface area contributed by atoms with Crippen LogP contribution in [0.3, 0.4) is 0 Å². The maximum absolute atomic E-state index is 12.0. The van der Waals surface area contributed by atoms with Crippen molar-refractivity contribution in [1.82, 2.24) is 0 Å². The Kier molecular flexibility index (Phi) is 4.19. The molecule has 130 valence electrons. The zero-order valence-corrected chi connectivity index (χ0v) is 14.3. The molecule has 0 saturated heterocycles. The molecule has 5 nitrogen and oxygen atoms in total. The van der Waals surface area contributed by atoms with Gasteiger partial charge in [0.1, 0.15) is 6.61 Å². The molecule has 3 aromatic carbocycles. The highest BCUT2D eigenvalue weighted by Gasteiger charge is 2.21. The zero-order valence-electron chi connectivity index (χ0n) is 14.3. The van der Waals surface area contributed by atoms with E-state index in [0.29, 0.717) is 11.4 Å². The monoisotopic (exact) mass is 346 g/mol. The highest BCUT2D eigenvalue weighted by molar-refractivity contribution is 5.87. The number of fused-ring (bicyclic) bond motifs is 2. The van der Waals surface area contributed by atoms with Crippen LogP contribution in [0.2, 0.25) is 0 Å². The first-order valence-electron chi connectivity index (χ1n) is 8.33. The van der Waals surface area contributed by atoms with Crippen molar-refractivity contribution in [1.29, 1.82) is 0 Å². The third-order valence-electron chi connectivity index (χ3n) is 4.23. The minimum Gasteiger partial charge on any atom is -0.453 e. The van der Waals surface area contributed by atoms with Crippen molar-refractivity contribution in [3.05, 3.63) is 78.4 Å². The molecule has 4 rings (SSSR count). The molecule has 1 aliphatic rings. The van der Waals surface area contributed by atoms with E-state index in [1.807, 2.05) is 73.8 Å². The second-order valence-electron chi connectivity index (χ2n) is 6.00. The van der Waals surface area contributed by atoms with E-state index < -0.39 is 6.09 Å². The van der Waals surface area contributed by atoms with Crippen LogP contribution in [0.25, 0.3) is 0 Å². The molecule has 0 bridgehead atoms. The molecule has 0 atom stereocenters. The van der Waals surface area contributed by atoms with Gasteiger partial charge in [-0.15, -0.1) is 0 Å². The van der Waals surface area contributed by atoms with Gasteiger partial charge < -0.3 is 14.4 Å². The van der Waals surface area contributed by atoms with Crippen molar-refractivity contribution in [3.8, 4) is 11.5 Å². The third-order valence-corrected chi connectivity index (χ3v) is 4.23. The average Bonchev–Trinajstić information content (AvgIpc) is 2.67. The lowest BCUT2D eigenvalue weighted by atomic mass is 10.1. The van der Waals surface area contributed by atoms with E-state index >= 15 is 0 Å². The number of ether oxygens (including phenoxy) is 2. The van der Waals surface area contributed by atoms with Gasteiger partial charge >= 0.3 is 6.09 Å². The smallest absolute Gasteiger partial charge is 0.411 e. The van der Waals surface area contributed by atoms with Gasteiger partial charge in [0, 0.05) is 18.8 Å². The fourth-order valence-corrected chi connectivity index (χ4v) is 2.90. The summed E-state index contributed by atoms with van der Waals surface area (Å²) in [7, 11) is 1.99. The third kappa shape index (κ3) is 3.19. The van der Waals surface area contributed by atoms with Crippen molar-refractivity contribution in [2.75, 3.05) is 17.3 Å². The van der Waals surface area contributed by atoms with Gasteiger partial charge in [0.25, 0.3) is 0 Å². The van der Waals surface area contributed by atoms with Crippen molar-refractivity contribution < 1.29 is 14.3 Å². The topological polar surface area (TPSA) is 50.8 Å². The number of hydrogen-bond donors (Lipinski definition) is 1. The van der Waals surface area contributed by atoms with Gasteiger partial charge in [-0.05, 0) is 29.8 Å². The number of nitrogens with one attached hydrogen (secondary N) is 1. The van der Waals surface area contributed by atoms with Crippen molar-refractivity contribution in [2.24, 2.45) is 0 Å². The Morgan fingerprint density at radius 3 is 2.54 bits per heavy atom. The van der Waals surface area contributed by atoms with Gasteiger partial charge in [0.2, 0.25) is 0 Å². The Bertz CT molecular complexity index is 941. The first-order chi connectivity index (χ1) is 12.7. The highest BCUT2D eigenvalue weighted by atomic mass is 16.5. The standard InChI is InChI=1S/C21H18N2O3/c1-23-17-9-5-6-10-19(17)26-20-13-16(11-12-18(20)23)22-21(24)25-14-15-7-3-2-4-8-15/h2-13H,14H2,1H3,(H,22,24). The molecule has 0 fully saturated rings. The Morgan fingerprint density at radius 1 is 0.962 bits per heavy atom. The average molecular weight is 346 g/mol. The van der Waals surface area contributed by atoms with E-state index in [4.69, 9.17) is 9.47 Å². The van der Waals surface area contributed by atoms with Gasteiger partial charge in [0.15, 0.2) is 11.5 Å². The van der Waals surface area contributed by atoms with E-state index in [1.54, 1.807) is 6.07 Å². The second kappa shape index (κ2) is 6.80. The van der Waals surface area contributed by atoms with Crippen LogP contribution < -0.4 is 15.0 Å². The molecule has 0 unspecified atom stereocenters. The van der Waals surface area contributed by atoms with Crippen LogP contribution in [0.4, 0.5) is 21.9 Å². The lowest BCUT2D eigenvalue weighted by Crippen LogP contribution is -2.17. The zero-order chi connectivity index (χ0) is 17.9. The molecule has 0 aliphatic carbocycles. The van der Waals surface area contributed by atoms with Crippen LogP contribution in [0.1, 0.15) is 5.56 Å². The number of anilines is 3. The van der Waals surface area contributed by atoms with Gasteiger partial charge in [-0.2, -0.15) is 0 Å². The summed E-state index contributed by atoms with van der Waals surface area (Å²) in [5, 5.41) is 2.74. The van der Waals surface area contributed by atoms with Crippen LogP contribution in [0.15, 0.2) is 72.8 Å². The van der Waals surface area contributed by atoms with E-state index in [-0.39, 0.29) is 6.61 Å². The van der Waals surface area contributed by atoms with Gasteiger partial charge in [-0.25, -0.2) is 4.79 Å². The number of carbonyl (C=O) groups excluding carboxylic acids is 1. The van der Waals surface area contributed by atoms with Gasteiger partial charge in [-0.3, -0.25) is 5.32 Å². The molecule has 0 aromatic heterocycles. The molecule has 1 N–H and O–H groups in total. The second-order valence-corrected chi connectivity index (χ2v) is 6.00. The molecule has 0 radical (unpaired) electrons. The first kappa shape index (κ1) is 16.0. The fraction of sp³-hybridized carbons (Fsp3) is 0.0952. The quantitative estimate of drug-likeness (QED) is 0.698. The van der Waals surface area contributed by atoms with E-state index in [1.165, 1.54) is 0 Å². The molecular formula is C21H18N2O3. The SMILES string of the molecule is CN1c2ccccc2Oc2cc(NC(=O)OCc3ccccc3)ccc21. The maximum Gasteiger partial charge on any atom is 0.411 e. The summed E-state index contributed by atoms with van der Waals surface area (Å²) >= 11 is 0. The summed E-state index contributed by atoms with van der Waals surface area (Å²) in [5.41, 5.74) is 3.50. The number of nitrogens with zero attached hydrogens (tertiary/aromatic N) is 1. The summed E-state index contributed by atoms with van der Waals surface area (Å²) in [4.78, 5) is 14.1. The Labute approximate surface area is 151 Å². The number of benzene rings is 3. The molecule has 1 amide bonds. The van der Waals surface area contributed by atoms with E-state index in [0.717, 1.165) is 22.7 Å². The molecule has 26 heavy (non-hydrogen) atoms. The summed E-state index contributed by atoms with van der Waals surface area (Å²) in [6.45, 7) is 0.226. The molecular weight excluding hydrogens is 328 g/mol. The number of para-hydroxylation sites is 2. The fourth-order valence-electron chi connectivity index (χ4n) is 2.90. The Hall–Kier alpha value is -3.47. The number of amides is 1. The normalized spacial score (nSPS) is 11.8. The summed E-state index contributed by atoms with van der Waals surface area (Å²) in [5.74, 6) is 1.47. The van der Waals surface area contributed by atoms with Crippen molar-refractivity contribution in [3.63, 3.8) is 0 Å². The molecule has 5 heteroatoms. The van der Waals surface area contributed by atoms with Crippen LogP contribution in [0.5, 0.6) is 11.5 Å². The summed E-state index contributed by atoms with van der Waals surface area (Å²) < 4.78 is 11.2. The van der Waals surface area contributed by atoms with Crippen molar-refractivity contribution in [2.45, 2.75) is 6.61 Å². The van der Waals surface area contributed by atoms with Crippen molar-refractivity contribution >= 4 is 23.2 Å². The molecule has 0 spiro atoms. The minimum absolute atomic E-state index is 0.226. The predicted octanol–water partition coefficient (Wildman–Crippen LogP) is 5.31. The number of carbonyl (C=O) groups is 1. The Morgan fingerprint density at radius 2 is 1.69 bits per heavy atom. The largest absolute Gasteiger partial charge is 0.453 e. The lowest BCUT2D eigenvalue weighted by Gasteiger charge is -2.29.